The van der Waals surface area contributed by atoms with Crippen LogP contribution in [0.1, 0.15) is 15.9 Å². The number of amides is 1. The summed E-state index contributed by atoms with van der Waals surface area (Å²) in [4.78, 5) is 12.0. The van der Waals surface area contributed by atoms with Crippen LogP contribution in [0, 0.1) is 12.7 Å². The van der Waals surface area contributed by atoms with Crippen LogP contribution in [-0.2, 0) is 0 Å². The summed E-state index contributed by atoms with van der Waals surface area (Å²) in [6, 6.07) is 9.41. The van der Waals surface area contributed by atoms with Crippen molar-refractivity contribution < 1.29 is 9.18 Å². The van der Waals surface area contributed by atoms with Gasteiger partial charge in [0.25, 0.3) is 5.91 Å². The number of nitrogen functional groups attached to an aromatic ring is 1. The molecule has 19 heavy (non-hydrogen) atoms. The van der Waals surface area contributed by atoms with Crippen molar-refractivity contribution in [1.82, 2.24) is 0 Å². The quantitative estimate of drug-likeness (QED) is 0.824. The van der Waals surface area contributed by atoms with E-state index in [4.69, 9.17) is 17.3 Å². The minimum atomic E-state index is -0.733. The molecule has 0 saturated heterocycles. The Morgan fingerprint density at radius 2 is 2.05 bits per heavy atom. The number of rotatable bonds is 2. The molecule has 0 saturated carbocycles. The van der Waals surface area contributed by atoms with Crippen molar-refractivity contribution in [1.29, 1.82) is 0 Å². The van der Waals surface area contributed by atoms with Crippen LogP contribution < -0.4 is 11.1 Å². The molecule has 0 aliphatic rings. The third kappa shape index (κ3) is 2.85. The first-order valence-corrected chi connectivity index (χ1v) is 5.98. The third-order valence-corrected chi connectivity index (χ3v) is 3.00. The monoisotopic (exact) mass is 278 g/mol. The molecule has 5 heteroatoms. The molecule has 0 atom stereocenters. The van der Waals surface area contributed by atoms with E-state index in [9.17, 15) is 9.18 Å². The molecule has 0 bridgehead atoms. The molecule has 2 aromatic rings. The Hall–Kier alpha value is -2.07. The minimum absolute atomic E-state index is 0.0862. The number of anilines is 2. The molecule has 3 nitrogen and oxygen atoms in total. The third-order valence-electron chi connectivity index (χ3n) is 2.71. The average Bonchev–Trinajstić information content (AvgIpc) is 2.37. The molecule has 98 valence electrons. The Labute approximate surface area is 115 Å². The Balaban J connectivity index is 2.31. The fraction of sp³-hybridized carbons (Fsp3) is 0.0714. The van der Waals surface area contributed by atoms with E-state index in [0.717, 1.165) is 5.56 Å². The number of aryl methyl sites for hydroxylation is 1. The zero-order chi connectivity index (χ0) is 14.0. The average molecular weight is 279 g/mol. The number of hydrogen-bond acceptors (Lipinski definition) is 2. The lowest BCUT2D eigenvalue weighted by Gasteiger charge is -2.10. The van der Waals surface area contributed by atoms with Crippen molar-refractivity contribution in [2.24, 2.45) is 0 Å². The smallest absolute Gasteiger partial charge is 0.258 e. The van der Waals surface area contributed by atoms with Crippen LogP contribution >= 0.6 is 11.6 Å². The summed E-state index contributed by atoms with van der Waals surface area (Å²) in [6.45, 7) is 1.82. The fourth-order valence-electron chi connectivity index (χ4n) is 1.64. The standard InChI is InChI=1S/C14H12ClFN2O/c1-8-5-6-9(17)7-12(8)18-14(19)10-3-2-4-11(15)13(10)16/h2-7H,17H2,1H3,(H,18,19). The van der Waals surface area contributed by atoms with E-state index in [-0.39, 0.29) is 10.6 Å². The predicted molar refractivity (Wildman–Crippen MR) is 75.0 cm³/mol. The first kappa shape index (κ1) is 13.4. The van der Waals surface area contributed by atoms with E-state index in [1.807, 2.05) is 6.92 Å². The van der Waals surface area contributed by atoms with E-state index < -0.39 is 11.7 Å². The number of nitrogens with two attached hydrogens (primary N) is 1. The lowest BCUT2D eigenvalue weighted by molar-refractivity contribution is 0.102. The second kappa shape index (κ2) is 5.28. The number of halogens is 2. The van der Waals surface area contributed by atoms with Gasteiger partial charge in [0, 0.05) is 11.4 Å². The minimum Gasteiger partial charge on any atom is -0.399 e. The zero-order valence-corrected chi connectivity index (χ0v) is 11.0. The maximum Gasteiger partial charge on any atom is 0.258 e. The predicted octanol–water partition coefficient (Wildman–Crippen LogP) is 3.62. The second-order valence-electron chi connectivity index (χ2n) is 4.13. The summed E-state index contributed by atoms with van der Waals surface area (Å²) in [5.41, 5.74) is 7.45. The topological polar surface area (TPSA) is 55.1 Å². The van der Waals surface area contributed by atoms with E-state index in [1.54, 1.807) is 18.2 Å². The largest absolute Gasteiger partial charge is 0.399 e. The summed E-state index contributed by atoms with van der Waals surface area (Å²) in [7, 11) is 0. The summed E-state index contributed by atoms with van der Waals surface area (Å²) in [5, 5.41) is 2.53. The normalized spacial score (nSPS) is 10.3. The molecule has 0 radical (unpaired) electrons. The number of carbonyl (C=O) groups is 1. The van der Waals surface area contributed by atoms with Crippen molar-refractivity contribution in [3.05, 3.63) is 58.4 Å². The van der Waals surface area contributed by atoms with Crippen molar-refractivity contribution in [3.8, 4) is 0 Å². The van der Waals surface area contributed by atoms with E-state index in [1.165, 1.54) is 18.2 Å². The van der Waals surface area contributed by atoms with Crippen LogP contribution in [0.25, 0.3) is 0 Å². The lowest BCUT2D eigenvalue weighted by atomic mass is 10.1. The second-order valence-corrected chi connectivity index (χ2v) is 4.54. The number of hydrogen-bond donors (Lipinski definition) is 2. The number of nitrogens with one attached hydrogen (secondary N) is 1. The van der Waals surface area contributed by atoms with Gasteiger partial charge in [0.05, 0.1) is 10.6 Å². The molecule has 0 aliphatic carbocycles. The summed E-state index contributed by atoms with van der Waals surface area (Å²) < 4.78 is 13.7. The van der Waals surface area contributed by atoms with E-state index in [0.29, 0.717) is 11.4 Å². The van der Waals surface area contributed by atoms with Gasteiger partial charge in [0.1, 0.15) is 0 Å². The van der Waals surface area contributed by atoms with Crippen LogP contribution in [0.4, 0.5) is 15.8 Å². The van der Waals surface area contributed by atoms with Gasteiger partial charge in [0.2, 0.25) is 0 Å². The fourth-order valence-corrected chi connectivity index (χ4v) is 1.82. The summed E-state index contributed by atoms with van der Waals surface area (Å²) in [5.74, 6) is -1.29. The van der Waals surface area contributed by atoms with Gasteiger partial charge in [0.15, 0.2) is 5.82 Å². The van der Waals surface area contributed by atoms with Gasteiger partial charge in [-0.25, -0.2) is 4.39 Å². The Morgan fingerprint density at radius 3 is 2.79 bits per heavy atom. The van der Waals surface area contributed by atoms with Crippen LogP contribution in [0.2, 0.25) is 5.02 Å². The Bertz CT molecular complexity index is 643. The molecular weight excluding hydrogens is 267 g/mol. The molecule has 0 heterocycles. The van der Waals surface area contributed by atoms with Crippen LogP contribution in [0.3, 0.4) is 0 Å². The number of benzene rings is 2. The van der Waals surface area contributed by atoms with Crippen molar-refractivity contribution in [3.63, 3.8) is 0 Å². The summed E-state index contributed by atoms with van der Waals surface area (Å²) >= 11 is 5.64. The van der Waals surface area contributed by atoms with Gasteiger partial charge in [-0.05, 0) is 36.8 Å². The summed E-state index contributed by atoms with van der Waals surface area (Å²) in [6.07, 6.45) is 0. The molecule has 2 aromatic carbocycles. The van der Waals surface area contributed by atoms with Crippen LogP contribution in [0.5, 0.6) is 0 Å². The first-order valence-electron chi connectivity index (χ1n) is 5.60. The maximum atomic E-state index is 13.7. The molecule has 3 N–H and O–H groups in total. The lowest BCUT2D eigenvalue weighted by Crippen LogP contribution is -2.14. The SMILES string of the molecule is Cc1ccc(N)cc1NC(=O)c1cccc(Cl)c1F. The van der Waals surface area contributed by atoms with Gasteiger partial charge < -0.3 is 11.1 Å². The Kier molecular flexibility index (Phi) is 3.71. The molecule has 2 rings (SSSR count). The van der Waals surface area contributed by atoms with E-state index >= 15 is 0 Å². The highest BCUT2D eigenvalue weighted by Crippen LogP contribution is 2.22. The van der Waals surface area contributed by atoms with Gasteiger partial charge >= 0.3 is 0 Å². The molecular formula is C14H12ClFN2O. The molecule has 0 unspecified atom stereocenters. The molecule has 0 aliphatic heterocycles. The van der Waals surface area contributed by atoms with Crippen molar-refractivity contribution in [2.45, 2.75) is 6.92 Å². The van der Waals surface area contributed by atoms with Gasteiger partial charge in [-0.2, -0.15) is 0 Å². The Morgan fingerprint density at radius 1 is 1.32 bits per heavy atom. The highest BCUT2D eigenvalue weighted by Gasteiger charge is 2.14. The molecule has 1 amide bonds. The molecule has 0 aromatic heterocycles. The van der Waals surface area contributed by atoms with Gasteiger partial charge in [-0.3, -0.25) is 4.79 Å². The highest BCUT2D eigenvalue weighted by atomic mass is 35.5. The zero-order valence-electron chi connectivity index (χ0n) is 10.2. The maximum absolute atomic E-state index is 13.7. The van der Waals surface area contributed by atoms with Gasteiger partial charge in [-0.1, -0.05) is 23.7 Å². The van der Waals surface area contributed by atoms with Gasteiger partial charge in [-0.15, -0.1) is 0 Å². The highest BCUT2D eigenvalue weighted by molar-refractivity contribution is 6.31. The van der Waals surface area contributed by atoms with E-state index in [2.05, 4.69) is 5.32 Å². The van der Waals surface area contributed by atoms with Crippen LogP contribution in [0.15, 0.2) is 36.4 Å². The molecule has 0 fully saturated rings. The number of carbonyl (C=O) groups excluding carboxylic acids is 1. The van der Waals surface area contributed by atoms with Crippen molar-refractivity contribution >= 4 is 28.9 Å². The van der Waals surface area contributed by atoms with Crippen molar-refractivity contribution in [2.75, 3.05) is 11.1 Å². The molecule has 0 spiro atoms. The van der Waals surface area contributed by atoms with Crippen LogP contribution in [-0.4, -0.2) is 5.91 Å². The first-order chi connectivity index (χ1) is 8.99.